The topological polar surface area (TPSA) is 52.0 Å². The molecule has 0 aromatic carbocycles. The van der Waals surface area contributed by atoms with Crippen LogP contribution in [0.25, 0.3) is 20.0 Å². The molecule has 0 saturated carbocycles. The summed E-state index contributed by atoms with van der Waals surface area (Å²) in [6.07, 6.45) is 0.899. The zero-order valence-corrected chi connectivity index (χ0v) is 11.9. The first-order chi connectivity index (χ1) is 8.65. The third-order valence-electron chi connectivity index (χ3n) is 2.80. The number of nitrogens with zero attached hydrogens (tertiary/aromatic N) is 1. The van der Waals surface area contributed by atoms with Crippen LogP contribution in [0.5, 0.6) is 0 Å². The molecule has 94 valence electrons. The summed E-state index contributed by atoms with van der Waals surface area (Å²) in [5, 5.41) is 6.24. The Morgan fingerprint density at radius 3 is 2.94 bits per heavy atom. The molecule has 0 spiro atoms. The molecular weight excluding hydrogens is 264 g/mol. The van der Waals surface area contributed by atoms with Gasteiger partial charge in [0.05, 0.1) is 4.88 Å². The summed E-state index contributed by atoms with van der Waals surface area (Å²) in [5.74, 6) is 0.988. The van der Waals surface area contributed by atoms with Crippen LogP contribution in [-0.2, 0) is 6.42 Å². The van der Waals surface area contributed by atoms with Crippen LogP contribution in [0.1, 0.15) is 19.4 Å². The Bertz CT molecular complexity index is 650. The average molecular weight is 278 g/mol. The molecule has 0 bridgehead atoms. The lowest BCUT2D eigenvalue weighted by atomic mass is 10.0. The molecule has 3 rings (SSSR count). The molecule has 5 heteroatoms. The molecule has 0 atom stereocenters. The molecule has 0 radical (unpaired) electrons. The van der Waals surface area contributed by atoms with E-state index in [1.807, 2.05) is 0 Å². The van der Waals surface area contributed by atoms with Gasteiger partial charge in [-0.15, -0.1) is 22.7 Å². The zero-order chi connectivity index (χ0) is 12.7. The molecule has 18 heavy (non-hydrogen) atoms. The molecular formula is C13H14N2OS2. The molecule has 3 aromatic heterocycles. The minimum Gasteiger partial charge on any atom is -0.367 e. The molecule has 3 nitrogen and oxygen atoms in total. The Morgan fingerprint density at radius 2 is 2.22 bits per heavy atom. The van der Waals surface area contributed by atoms with Crippen molar-refractivity contribution in [3.8, 4) is 10.6 Å². The van der Waals surface area contributed by atoms with Crippen LogP contribution in [0.15, 0.2) is 22.0 Å². The van der Waals surface area contributed by atoms with Crippen LogP contribution in [0.2, 0.25) is 0 Å². The van der Waals surface area contributed by atoms with E-state index in [1.165, 1.54) is 9.40 Å². The number of hydrogen-bond acceptors (Lipinski definition) is 5. The van der Waals surface area contributed by atoms with Crippen LogP contribution in [0, 0.1) is 5.92 Å². The molecule has 0 aliphatic heterocycles. The Hall–Kier alpha value is -1.33. The first-order valence-electron chi connectivity index (χ1n) is 5.86. The van der Waals surface area contributed by atoms with E-state index in [4.69, 9.17) is 10.3 Å². The highest BCUT2D eigenvalue weighted by atomic mass is 32.1. The van der Waals surface area contributed by atoms with Gasteiger partial charge < -0.3 is 10.3 Å². The summed E-state index contributed by atoms with van der Waals surface area (Å²) in [7, 11) is 0. The van der Waals surface area contributed by atoms with Gasteiger partial charge in [0.2, 0.25) is 5.88 Å². The van der Waals surface area contributed by atoms with Crippen molar-refractivity contribution in [1.29, 1.82) is 0 Å². The van der Waals surface area contributed by atoms with Gasteiger partial charge in [0, 0.05) is 15.0 Å². The Labute approximate surface area is 113 Å². The molecule has 0 fully saturated rings. The maximum absolute atomic E-state index is 5.87. The Kier molecular flexibility index (Phi) is 2.87. The predicted octanol–water partition coefficient (Wildman–Crippen LogP) is 4.40. The van der Waals surface area contributed by atoms with Crippen molar-refractivity contribution in [2.24, 2.45) is 5.92 Å². The van der Waals surface area contributed by atoms with Gasteiger partial charge in [0.15, 0.2) is 0 Å². The summed E-state index contributed by atoms with van der Waals surface area (Å²) in [6.45, 7) is 4.34. The zero-order valence-electron chi connectivity index (χ0n) is 10.3. The van der Waals surface area contributed by atoms with Crippen molar-refractivity contribution in [3.63, 3.8) is 0 Å². The van der Waals surface area contributed by atoms with E-state index in [0.29, 0.717) is 11.8 Å². The number of nitrogen functional groups attached to an aromatic ring is 1. The molecule has 0 saturated heterocycles. The molecule has 0 aliphatic rings. The van der Waals surface area contributed by atoms with Gasteiger partial charge in [-0.1, -0.05) is 19.0 Å². The molecule has 2 N–H and O–H groups in total. The van der Waals surface area contributed by atoms with Gasteiger partial charge in [-0.05, 0) is 29.9 Å². The molecule has 0 aliphatic carbocycles. The monoisotopic (exact) mass is 278 g/mol. The normalized spacial score (nSPS) is 11.7. The maximum Gasteiger partial charge on any atom is 0.225 e. The molecule has 0 amide bonds. The minimum absolute atomic E-state index is 0.454. The molecule has 3 heterocycles. The summed E-state index contributed by atoms with van der Waals surface area (Å²) in [4.78, 5) is 1.15. The van der Waals surface area contributed by atoms with Crippen molar-refractivity contribution < 1.29 is 4.52 Å². The van der Waals surface area contributed by atoms with E-state index in [-0.39, 0.29) is 0 Å². The predicted molar refractivity (Wildman–Crippen MR) is 78.2 cm³/mol. The standard InChI is InChI=1S/C13H14N2OS2/c1-7(2)5-8-12(15-16-13(8)14)11-6-10-9(18-11)3-4-17-10/h3-4,6-7H,5,14H2,1-2H3. The average Bonchev–Trinajstić information content (AvgIpc) is 2.93. The van der Waals surface area contributed by atoms with Gasteiger partial charge in [-0.25, -0.2) is 0 Å². The molecule has 3 aromatic rings. The van der Waals surface area contributed by atoms with Crippen molar-refractivity contribution in [3.05, 3.63) is 23.1 Å². The van der Waals surface area contributed by atoms with E-state index in [1.54, 1.807) is 22.7 Å². The first kappa shape index (κ1) is 11.7. The van der Waals surface area contributed by atoms with Crippen LogP contribution in [0.4, 0.5) is 5.88 Å². The maximum atomic E-state index is 5.87. The Morgan fingerprint density at radius 1 is 1.39 bits per heavy atom. The third-order valence-corrected chi connectivity index (χ3v) is 4.90. The second kappa shape index (κ2) is 4.40. The quantitative estimate of drug-likeness (QED) is 0.772. The largest absolute Gasteiger partial charge is 0.367 e. The van der Waals surface area contributed by atoms with Gasteiger partial charge in [0.1, 0.15) is 5.69 Å². The second-order valence-corrected chi connectivity index (χ2v) is 6.76. The lowest BCUT2D eigenvalue weighted by Crippen LogP contribution is -1.98. The van der Waals surface area contributed by atoms with Crippen molar-refractivity contribution in [2.75, 3.05) is 5.73 Å². The van der Waals surface area contributed by atoms with E-state index in [2.05, 4.69) is 36.5 Å². The minimum atomic E-state index is 0.454. The lowest BCUT2D eigenvalue weighted by Gasteiger charge is -2.03. The van der Waals surface area contributed by atoms with Crippen LogP contribution in [0.3, 0.4) is 0 Å². The van der Waals surface area contributed by atoms with E-state index < -0.39 is 0 Å². The van der Waals surface area contributed by atoms with Gasteiger partial charge in [-0.2, -0.15) is 0 Å². The van der Waals surface area contributed by atoms with E-state index >= 15 is 0 Å². The fourth-order valence-corrected chi connectivity index (χ4v) is 4.12. The van der Waals surface area contributed by atoms with Gasteiger partial charge >= 0.3 is 0 Å². The van der Waals surface area contributed by atoms with Crippen molar-refractivity contribution in [2.45, 2.75) is 20.3 Å². The summed E-state index contributed by atoms with van der Waals surface area (Å²) in [5.41, 5.74) is 7.83. The highest BCUT2D eigenvalue weighted by Gasteiger charge is 2.18. The third kappa shape index (κ3) is 1.93. The number of hydrogen-bond donors (Lipinski definition) is 1. The second-order valence-electron chi connectivity index (χ2n) is 4.73. The summed E-state index contributed by atoms with van der Waals surface area (Å²) >= 11 is 3.49. The number of anilines is 1. The van der Waals surface area contributed by atoms with Crippen LogP contribution >= 0.6 is 22.7 Å². The smallest absolute Gasteiger partial charge is 0.225 e. The number of aromatic nitrogens is 1. The SMILES string of the molecule is CC(C)Cc1c(-c2cc3sccc3s2)noc1N. The summed E-state index contributed by atoms with van der Waals surface area (Å²) < 4.78 is 7.76. The highest BCUT2D eigenvalue weighted by molar-refractivity contribution is 7.28. The number of nitrogens with two attached hydrogens (primary N) is 1. The van der Waals surface area contributed by atoms with Crippen LogP contribution in [-0.4, -0.2) is 5.16 Å². The van der Waals surface area contributed by atoms with Crippen LogP contribution < -0.4 is 5.73 Å². The number of fused-ring (bicyclic) bond motifs is 1. The summed E-state index contributed by atoms with van der Waals surface area (Å²) in [6, 6.07) is 4.31. The number of rotatable bonds is 3. The lowest BCUT2D eigenvalue weighted by molar-refractivity contribution is 0.438. The van der Waals surface area contributed by atoms with Crippen molar-refractivity contribution in [1.82, 2.24) is 5.16 Å². The molecule has 0 unspecified atom stereocenters. The van der Waals surface area contributed by atoms with Gasteiger partial charge in [-0.3, -0.25) is 0 Å². The fraction of sp³-hybridized carbons (Fsp3) is 0.308. The van der Waals surface area contributed by atoms with E-state index in [9.17, 15) is 0 Å². The fourth-order valence-electron chi connectivity index (χ4n) is 2.00. The number of thiophene rings is 2. The Balaban J connectivity index is 2.08. The highest BCUT2D eigenvalue weighted by Crippen LogP contribution is 2.38. The first-order valence-corrected chi connectivity index (χ1v) is 7.56. The van der Waals surface area contributed by atoms with E-state index in [0.717, 1.165) is 22.6 Å². The van der Waals surface area contributed by atoms with Crippen molar-refractivity contribution >= 4 is 38.0 Å². The van der Waals surface area contributed by atoms with Gasteiger partial charge in [0.25, 0.3) is 0 Å².